The van der Waals surface area contributed by atoms with Crippen molar-refractivity contribution in [3.8, 4) is 0 Å². The van der Waals surface area contributed by atoms with Crippen molar-refractivity contribution >= 4 is 17.4 Å². The van der Waals surface area contributed by atoms with Gasteiger partial charge in [-0.15, -0.1) is 0 Å². The Kier molecular flexibility index (Phi) is 5.53. The van der Waals surface area contributed by atoms with Crippen molar-refractivity contribution < 1.29 is 9.18 Å². The molecule has 1 aliphatic heterocycles. The van der Waals surface area contributed by atoms with Crippen molar-refractivity contribution in [2.24, 2.45) is 5.92 Å². The number of aromatic nitrogens is 2. The molecule has 2 aromatic rings. The maximum atomic E-state index is 13.8. The van der Waals surface area contributed by atoms with E-state index < -0.39 is 0 Å². The van der Waals surface area contributed by atoms with E-state index >= 15 is 0 Å². The summed E-state index contributed by atoms with van der Waals surface area (Å²) in [4.78, 5) is 14.2. The highest BCUT2D eigenvalue weighted by Gasteiger charge is 2.15. The molecular weight excluding hydrogens is 321 g/mol. The van der Waals surface area contributed by atoms with Crippen molar-refractivity contribution in [2.45, 2.75) is 26.3 Å². The van der Waals surface area contributed by atoms with E-state index in [1.165, 1.54) is 12.1 Å². The molecule has 2 amide bonds. The van der Waals surface area contributed by atoms with Crippen LogP contribution in [0.4, 0.5) is 20.6 Å². The lowest BCUT2D eigenvalue weighted by Crippen LogP contribution is -2.33. The van der Waals surface area contributed by atoms with Gasteiger partial charge < -0.3 is 15.5 Å². The Labute approximate surface area is 147 Å². The monoisotopic (exact) mass is 345 g/mol. The Hall–Kier alpha value is -2.57. The van der Waals surface area contributed by atoms with Crippen LogP contribution in [0.15, 0.2) is 36.7 Å². The van der Waals surface area contributed by atoms with Crippen LogP contribution in [-0.2, 0) is 6.54 Å². The van der Waals surface area contributed by atoms with Gasteiger partial charge in [-0.3, -0.25) is 4.68 Å². The molecule has 0 saturated carbocycles. The fourth-order valence-corrected chi connectivity index (χ4v) is 3.04. The van der Waals surface area contributed by atoms with Gasteiger partial charge in [-0.25, -0.2) is 9.18 Å². The molecule has 2 N–H and O–H groups in total. The lowest BCUT2D eigenvalue weighted by Gasteiger charge is -2.19. The number of carbonyl (C=O) groups excluding carboxylic acids is 1. The molecule has 0 aliphatic carbocycles. The minimum Gasteiger partial charge on any atom is -0.371 e. The average Bonchev–Trinajstić information content (AvgIpc) is 3.26. The highest BCUT2D eigenvalue weighted by Crippen LogP contribution is 2.25. The zero-order valence-electron chi connectivity index (χ0n) is 14.4. The van der Waals surface area contributed by atoms with Gasteiger partial charge in [-0.05, 0) is 43.0 Å². The predicted octanol–water partition coefficient (Wildman–Crippen LogP) is 3.08. The van der Waals surface area contributed by atoms with E-state index in [4.69, 9.17) is 0 Å². The van der Waals surface area contributed by atoms with E-state index in [-0.39, 0.29) is 17.8 Å². The molecule has 1 atom stereocenters. The topological polar surface area (TPSA) is 62.2 Å². The molecule has 1 aliphatic rings. The quantitative estimate of drug-likeness (QED) is 0.846. The SMILES string of the molecule is CC(CNC(=O)Nc1cc(F)cc(N2CCCC2)c1)Cn1cccn1. The molecule has 2 heterocycles. The standard InChI is InChI=1S/C18H24FN5O/c1-14(13-24-8-4-5-21-24)12-20-18(25)22-16-9-15(19)10-17(11-16)23-6-2-3-7-23/h4-5,8-11,14H,2-3,6-7,12-13H2,1H3,(H2,20,22,25). The number of urea groups is 1. The maximum Gasteiger partial charge on any atom is 0.319 e. The lowest BCUT2D eigenvalue weighted by molar-refractivity contribution is 0.249. The molecule has 25 heavy (non-hydrogen) atoms. The first-order valence-electron chi connectivity index (χ1n) is 8.68. The van der Waals surface area contributed by atoms with E-state index in [0.717, 1.165) is 38.2 Å². The predicted molar refractivity (Wildman–Crippen MR) is 96.3 cm³/mol. The zero-order valence-corrected chi connectivity index (χ0v) is 14.4. The Balaban J connectivity index is 1.52. The minimum absolute atomic E-state index is 0.235. The van der Waals surface area contributed by atoms with Gasteiger partial charge in [0, 0.05) is 49.9 Å². The molecule has 0 bridgehead atoms. The van der Waals surface area contributed by atoms with Crippen LogP contribution in [-0.4, -0.2) is 35.4 Å². The summed E-state index contributed by atoms with van der Waals surface area (Å²) < 4.78 is 15.7. The summed E-state index contributed by atoms with van der Waals surface area (Å²) in [6.45, 7) is 5.14. The van der Waals surface area contributed by atoms with Gasteiger partial charge in [-0.2, -0.15) is 5.10 Å². The largest absolute Gasteiger partial charge is 0.371 e. The molecular formula is C18H24FN5O. The van der Waals surface area contributed by atoms with Crippen molar-refractivity contribution in [1.29, 1.82) is 0 Å². The van der Waals surface area contributed by atoms with E-state index in [2.05, 4.69) is 20.6 Å². The highest BCUT2D eigenvalue weighted by molar-refractivity contribution is 5.89. The molecule has 1 aromatic carbocycles. The average molecular weight is 345 g/mol. The Bertz CT molecular complexity index is 697. The maximum absolute atomic E-state index is 13.8. The molecule has 7 heteroatoms. The molecule has 134 valence electrons. The van der Waals surface area contributed by atoms with Gasteiger partial charge in [0.25, 0.3) is 0 Å². The van der Waals surface area contributed by atoms with Gasteiger partial charge in [0.15, 0.2) is 0 Å². The van der Waals surface area contributed by atoms with E-state index in [9.17, 15) is 9.18 Å². The van der Waals surface area contributed by atoms with Crippen LogP contribution in [0.1, 0.15) is 19.8 Å². The molecule has 1 aromatic heterocycles. The van der Waals surface area contributed by atoms with Gasteiger partial charge in [0.05, 0.1) is 0 Å². The number of nitrogens with zero attached hydrogens (tertiary/aromatic N) is 3. The number of rotatable bonds is 6. The molecule has 6 nitrogen and oxygen atoms in total. The fourth-order valence-electron chi connectivity index (χ4n) is 3.04. The summed E-state index contributed by atoms with van der Waals surface area (Å²) in [6.07, 6.45) is 5.86. The Morgan fingerprint density at radius 3 is 2.84 bits per heavy atom. The van der Waals surface area contributed by atoms with E-state index in [1.54, 1.807) is 6.20 Å². The number of amides is 2. The van der Waals surface area contributed by atoms with E-state index in [0.29, 0.717) is 12.2 Å². The first kappa shape index (κ1) is 17.3. The second kappa shape index (κ2) is 8.00. The molecule has 1 saturated heterocycles. The van der Waals surface area contributed by atoms with Crippen molar-refractivity contribution in [3.63, 3.8) is 0 Å². The van der Waals surface area contributed by atoms with Crippen LogP contribution in [0.2, 0.25) is 0 Å². The van der Waals surface area contributed by atoms with Crippen molar-refractivity contribution in [2.75, 3.05) is 29.9 Å². The first-order chi connectivity index (χ1) is 12.1. The number of halogens is 1. The minimum atomic E-state index is -0.341. The zero-order chi connectivity index (χ0) is 17.6. The molecule has 0 spiro atoms. The molecule has 0 radical (unpaired) electrons. The van der Waals surface area contributed by atoms with E-state index in [1.807, 2.05) is 29.9 Å². The summed E-state index contributed by atoms with van der Waals surface area (Å²) in [6, 6.07) is 6.22. The van der Waals surface area contributed by atoms with Gasteiger partial charge in [0.1, 0.15) is 5.82 Å². The number of benzene rings is 1. The first-order valence-corrected chi connectivity index (χ1v) is 8.68. The van der Waals surface area contributed by atoms with Crippen molar-refractivity contribution in [3.05, 3.63) is 42.5 Å². The van der Waals surface area contributed by atoms with Gasteiger partial charge >= 0.3 is 6.03 Å². The highest BCUT2D eigenvalue weighted by atomic mass is 19.1. The van der Waals surface area contributed by atoms with Crippen molar-refractivity contribution in [1.82, 2.24) is 15.1 Å². The third kappa shape index (κ3) is 4.95. The van der Waals surface area contributed by atoms with Gasteiger partial charge in [0.2, 0.25) is 0 Å². The molecule has 1 fully saturated rings. The molecule has 3 rings (SSSR count). The summed E-state index contributed by atoms with van der Waals surface area (Å²) >= 11 is 0. The van der Waals surface area contributed by atoms with Crippen LogP contribution in [0.5, 0.6) is 0 Å². The number of carbonyl (C=O) groups is 1. The second-order valence-corrected chi connectivity index (χ2v) is 6.56. The van der Waals surface area contributed by atoms with Crippen LogP contribution in [0, 0.1) is 11.7 Å². The van der Waals surface area contributed by atoms with Crippen LogP contribution < -0.4 is 15.5 Å². The normalized spacial score (nSPS) is 15.2. The lowest BCUT2D eigenvalue weighted by atomic mass is 10.2. The molecule has 1 unspecified atom stereocenters. The summed E-state index contributed by atoms with van der Waals surface area (Å²) in [7, 11) is 0. The third-order valence-electron chi connectivity index (χ3n) is 4.28. The summed E-state index contributed by atoms with van der Waals surface area (Å²) in [5, 5.41) is 9.70. The number of hydrogen-bond donors (Lipinski definition) is 2. The number of nitrogens with one attached hydrogen (secondary N) is 2. The Morgan fingerprint density at radius 2 is 2.12 bits per heavy atom. The summed E-state index contributed by atoms with van der Waals surface area (Å²) in [5.74, 6) is -0.106. The van der Waals surface area contributed by atoms with Crippen LogP contribution >= 0.6 is 0 Å². The van der Waals surface area contributed by atoms with Gasteiger partial charge in [-0.1, -0.05) is 6.92 Å². The number of anilines is 2. The summed E-state index contributed by atoms with van der Waals surface area (Å²) in [5.41, 5.74) is 1.29. The Morgan fingerprint density at radius 1 is 1.32 bits per heavy atom. The fraction of sp³-hybridized carbons (Fsp3) is 0.444. The van der Waals surface area contributed by atoms with Crippen LogP contribution in [0.25, 0.3) is 0 Å². The van der Waals surface area contributed by atoms with Crippen LogP contribution in [0.3, 0.4) is 0 Å². The smallest absolute Gasteiger partial charge is 0.319 e. The third-order valence-corrected chi connectivity index (χ3v) is 4.28. The number of hydrogen-bond acceptors (Lipinski definition) is 3. The second-order valence-electron chi connectivity index (χ2n) is 6.56.